The molecule has 0 aromatic rings. The van der Waals surface area contributed by atoms with E-state index in [4.69, 9.17) is 5.11 Å². The minimum Gasteiger partial charge on any atom is -0.478 e. The molecule has 1 aliphatic carbocycles. The second-order valence-corrected chi connectivity index (χ2v) is 3.62. The van der Waals surface area contributed by atoms with Crippen molar-refractivity contribution in [2.75, 3.05) is 0 Å². The van der Waals surface area contributed by atoms with Gasteiger partial charge in [0.1, 0.15) is 0 Å². The second kappa shape index (κ2) is 6.47. The highest BCUT2D eigenvalue weighted by atomic mass is 16.4. The first-order valence-electron chi connectivity index (χ1n) is 5.25. The van der Waals surface area contributed by atoms with Crippen LogP contribution in [0.1, 0.15) is 19.3 Å². The number of carbonyl (C=O) groups is 3. The molecular formula is C11H14N2O4. The Morgan fingerprint density at radius 3 is 2.59 bits per heavy atom. The number of nitrogens with one attached hydrogen (secondary N) is 2. The number of aliphatic carboxylic acids is 1. The summed E-state index contributed by atoms with van der Waals surface area (Å²) in [6.45, 7) is 0. The molecule has 3 N–H and O–H groups in total. The smallest absolute Gasteiger partial charge is 0.328 e. The lowest BCUT2D eigenvalue weighted by molar-refractivity contribution is -0.131. The molecule has 6 heteroatoms. The molecule has 92 valence electrons. The first kappa shape index (κ1) is 13.0. The van der Waals surface area contributed by atoms with E-state index in [-0.39, 0.29) is 6.04 Å². The molecule has 1 aliphatic rings. The number of rotatable bonds is 3. The number of carbonyl (C=O) groups excluding carboxylic acids is 2. The van der Waals surface area contributed by atoms with Crippen LogP contribution in [0, 0.1) is 0 Å². The van der Waals surface area contributed by atoms with Gasteiger partial charge in [-0.25, -0.2) is 9.59 Å². The molecule has 6 nitrogen and oxygen atoms in total. The Labute approximate surface area is 98.4 Å². The summed E-state index contributed by atoms with van der Waals surface area (Å²) in [5, 5.41) is 12.9. The largest absolute Gasteiger partial charge is 0.478 e. The predicted octanol–water partition coefficient (Wildman–Crippen LogP) is 0.562. The SMILES string of the molecule is O=C(O)C=CC(=O)NC(=O)NC1CC=CCC1. The first-order chi connectivity index (χ1) is 8.08. The average molecular weight is 238 g/mol. The van der Waals surface area contributed by atoms with Crippen LogP contribution in [0.3, 0.4) is 0 Å². The molecule has 0 radical (unpaired) electrons. The number of hydrogen-bond donors (Lipinski definition) is 3. The lowest BCUT2D eigenvalue weighted by atomic mass is 10.0. The molecular weight excluding hydrogens is 224 g/mol. The molecule has 3 amide bonds. The van der Waals surface area contributed by atoms with Crippen molar-refractivity contribution in [3.8, 4) is 0 Å². The molecule has 17 heavy (non-hydrogen) atoms. The van der Waals surface area contributed by atoms with Crippen LogP contribution >= 0.6 is 0 Å². The van der Waals surface area contributed by atoms with Gasteiger partial charge in [-0.15, -0.1) is 0 Å². The van der Waals surface area contributed by atoms with Crippen molar-refractivity contribution in [1.29, 1.82) is 0 Å². The monoisotopic (exact) mass is 238 g/mol. The Balaban J connectivity index is 2.31. The first-order valence-corrected chi connectivity index (χ1v) is 5.25. The van der Waals surface area contributed by atoms with Crippen LogP contribution in [0.4, 0.5) is 4.79 Å². The second-order valence-electron chi connectivity index (χ2n) is 3.62. The van der Waals surface area contributed by atoms with Crippen LogP contribution in [-0.4, -0.2) is 29.1 Å². The molecule has 0 saturated carbocycles. The maximum atomic E-state index is 11.3. The lowest BCUT2D eigenvalue weighted by Gasteiger charge is -2.18. The van der Waals surface area contributed by atoms with Crippen molar-refractivity contribution in [3.05, 3.63) is 24.3 Å². The highest BCUT2D eigenvalue weighted by Gasteiger charge is 2.13. The molecule has 1 atom stereocenters. The highest BCUT2D eigenvalue weighted by Crippen LogP contribution is 2.09. The number of allylic oxidation sites excluding steroid dienone is 1. The van der Waals surface area contributed by atoms with Gasteiger partial charge in [0, 0.05) is 18.2 Å². The van der Waals surface area contributed by atoms with Gasteiger partial charge >= 0.3 is 12.0 Å². The van der Waals surface area contributed by atoms with E-state index in [1.54, 1.807) is 0 Å². The van der Waals surface area contributed by atoms with Gasteiger partial charge in [-0.2, -0.15) is 0 Å². The molecule has 0 aliphatic heterocycles. The summed E-state index contributed by atoms with van der Waals surface area (Å²) in [7, 11) is 0. The number of urea groups is 1. The Hall–Kier alpha value is -2.11. The van der Waals surface area contributed by atoms with Gasteiger partial charge in [0.25, 0.3) is 5.91 Å². The van der Waals surface area contributed by atoms with E-state index in [1.165, 1.54) is 0 Å². The minimum atomic E-state index is -1.24. The molecule has 0 bridgehead atoms. The van der Waals surface area contributed by atoms with Gasteiger partial charge in [0.05, 0.1) is 0 Å². The van der Waals surface area contributed by atoms with Crippen LogP contribution in [0.15, 0.2) is 24.3 Å². The molecule has 0 fully saturated rings. The minimum absolute atomic E-state index is 0.0243. The third kappa shape index (κ3) is 5.50. The van der Waals surface area contributed by atoms with Gasteiger partial charge in [-0.3, -0.25) is 10.1 Å². The molecule has 0 heterocycles. The maximum Gasteiger partial charge on any atom is 0.328 e. The standard InChI is InChI=1S/C11H14N2O4/c14-9(6-7-10(15)16)13-11(17)12-8-4-2-1-3-5-8/h1-2,6-8H,3-5H2,(H,15,16)(H2,12,13,14,17). The fourth-order valence-corrected chi connectivity index (χ4v) is 1.45. The predicted molar refractivity (Wildman–Crippen MR) is 60.2 cm³/mol. The zero-order valence-electron chi connectivity index (χ0n) is 9.18. The van der Waals surface area contributed by atoms with Crippen LogP contribution < -0.4 is 10.6 Å². The molecule has 0 aromatic heterocycles. The van der Waals surface area contributed by atoms with Crippen molar-refractivity contribution in [3.63, 3.8) is 0 Å². The summed E-state index contributed by atoms with van der Waals surface area (Å²) in [5.74, 6) is -1.99. The Morgan fingerprint density at radius 1 is 1.24 bits per heavy atom. The van der Waals surface area contributed by atoms with E-state index in [9.17, 15) is 14.4 Å². The summed E-state index contributed by atoms with van der Waals surface area (Å²) in [6, 6.07) is -0.582. The molecule has 0 aromatic carbocycles. The van der Waals surface area contributed by atoms with Crippen LogP contribution in [0.5, 0.6) is 0 Å². The molecule has 1 unspecified atom stereocenters. The number of carboxylic acid groups (broad SMARTS) is 1. The number of carboxylic acids is 1. The van der Waals surface area contributed by atoms with Crippen LogP contribution in [0.25, 0.3) is 0 Å². The number of hydrogen-bond acceptors (Lipinski definition) is 3. The molecule has 0 saturated heterocycles. The Kier molecular flexibility index (Phi) is 4.93. The fraction of sp³-hybridized carbons (Fsp3) is 0.364. The summed E-state index contributed by atoms with van der Waals surface area (Å²) in [5.41, 5.74) is 0. The van der Waals surface area contributed by atoms with Crippen molar-refractivity contribution < 1.29 is 19.5 Å². The van der Waals surface area contributed by atoms with E-state index in [0.29, 0.717) is 6.08 Å². The third-order valence-electron chi connectivity index (χ3n) is 2.22. The zero-order chi connectivity index (χ0) is 12.7. The highest BCUT2D eigenvalue weighted by molar-refractivity contribution is 6.02. The maximum absolute atomic E-state index is 11.3. The summed E-state index contributed by atoms with van der Waals surface area (Å²) in [6.07, 6.45) is 7.96. The van der Waals surface area contributed by atoms with E-state index in [1.807, 2.05) is 17.5 Å². The van der Waals surface area contributed by atoms with Gasteiger partial charge < -0.3 is 10.4 Å². The topological polar surface area (TPSA) is 95.5 Å². The number of imide groups is 1. The van der Waals surface area contributed by atoms with Crippen LogP contribution in [-0.2, 0) is 9.59 Å². The van der Waals surface area contributed by atoms with E-state index in [0.717, 1.165) is 25.3 Å². The lowest BCUT2D eigenvalue weighted by Crippen LogP contribution is -2.44. The van der Waals surface area contributed by atoms with Gasteiger partial charge in [0.15, 0.2) is 0 Å². The van der Waals surface area contributed by atoms with Gasteiger partial charge in [-0.1, -0.05) is 12.2 Å². The van der Waals surface area contributed by atoms with Crippen molar-refractivity contribution in [2.24, 2.45) is 0 Å². The van der Waals surface area contributed by atoms with E-state index < -0.39 is 17.9 Å². The zero-order valence-corrected chi connectivity index (χ0v) is 9.18. The summed E-state index contributed by atoms with van der Waals surface area (Å²) < 4.78 is 0. The quantitative estimate of drug-likeness (QED) is 0.494. The Morgan fingerprint density at radius 2 is 2.00 bits per heavy atom. The fourth-order valence-electron chi connectivity index (χ4n) is 1.45. The van der Waals surface area contributed by atoms with Gasteiger partial charge in [0.2, 0.25) is 0 Å². The van der Waals surface area contributed by atoms with E-state index >= 15 is 0 Å². The normalized spacial score (nSPS) is 18.9. The Bertz CT molecular complexity index is 374. The summed E-state index contributed by atoms with van der Waals surface area (Å²) in [4.78, 5) is 32.5. The van der Waals surface area contributed by atoms with E-state index in [2.05, 4.69) is 5.32 Å². The van der Waals surface area contributed by atoms with Crippen molar-refractivity contribution in [2.45, 2.75) is 25.3 Å². The third-order valence-corrected chi connectivity index (χ3v) is 2.22. The van der Waals surface area contributed by atoms with Crippen molar-refractivity contribution in [1.82, 2.24) is 10.6 Å². The van der Waals surface area contributed by atoms with Crippen molar-refractivity contribution >= 4 is 17.9 Å². The average Bonchev–Trinajstić information content (AvgIpc) is 2.27. The molecule has 1 rings (SSSR count). The number of amides is 3. The van der Waals surface area contributed by atoms with Gasteiger partial charge in [-0.05, 0) is 19.3 Å². The summed E-state index contributed by atoms with van der Waals surface area (Å²) >= 11 is 0. The molecule has 0 spiro atoms. The van der Waals surface area contributed by atoms with Crippen LogP contribution in [0.2, 0.25) is 0 Å².